The van der Waals surface area contributed by atoms with Gasteiger partial charge in [-0.25, -0.2) is 9.97 Å². The zero-order chi connectivity index (χ0) is 14.7. The largest absolute Gasteiger partial charge is 0.396 e. The Kier molecular flexibility index (Phi) is 4.94. The Bertz CT molecular complexity index is 493. The summed E-state index contributed by atoms with van der Waals surface area (Å²) in [5.74, 6) is 0.578. The molecule has 110 valence electrons. The van der Waals surface area contributed by atoms with Gasteiger partial charge in [-0.15, -0.1) is 0 Å². The second-order valence-electron chi connectivity index (χ2n) is 5.53. The maximum atomic E-state index is 12.3. The van der Waals surface area contributed by atoms with E-state index < -0.39 is 0 Å². The van der Waals surface area contributed by atoms with E-state index in [9.17, 15) is 9.90 Å². The molecule has 6 heteroatoms. The Hall–Kier alpha value is -1.20. The Balaban J connectivity index is 2.14. The molecule has 0 radical (unpaired) electrons. The Morgan fingerprint density at radius 2 is 2.30 bits per heavy atom. The van der Waals surface area contributed by atoms with Crippen LogP contribution in [0.25, 0.3) is 0 Å². The standard InChI is InChI=1S/C14H20ClN3O2/c1-8(2)13-16-6-10(15)12(18-13)14(20)17-11-5-3-4-9(11)7-19/h6,8-9,11,19H,3-5,7H2,1-2H3,(H,17,20). The quantitative estimate of drug-likeness (QED) is 0.893. The summed E-state index contributed by atoms with van der Waals surface area (Å²) in [6.45, 7) is 4.02. The Morgan fingerprint density at radius 3 is 2.95 bits per heavy atom. The fourth-order valence-electron chi connectivity index (χ4n) is 2.50. The van der Waals surface area contributed by atoms with Crippen LogP contribution in [0.3, 0.4) is 0 Å². The van der Waals surface area contributed by atoms with Crippen LogP contribution in [0.4, 0.5) is 0 Å². The minimum atomic E-state index is -0.287. The third-order valence-electron chi connectivity index (χ3n) is 3.70. The van der Waals surface area contributed by atoms with Crippen LogP contribution in [0.1, 0.15) is 55.3 Å². The van der Waals surface area contributed by atoms with Crippen molar-refractivity contribution < 1.29 is 9.90 Å². The summed E-state index contributed by atoms with van der Waals surface area (Å²) >= 11 is 6.02. The molecule has 2 N–H and O–H groups in total. The van der Waals surface area contributed by atoms with Gasteiger partial charge in [0.2, 0.25) is 0 Å². The molecule has 0 aliphatic heterocycles. The Morgan fingerprint density at radius 1 is 1.55 bits per heavy atom. The topological polar surface area (TPSA) is 75.1 Å². The number of rotatable bonds is 4. The first kappa shape index (κ1) is 15.2. The number of aromatic nitrogens is 2. The van der Waals surface area contributed by atoms with Crippen molar-refractivity contribution in [1.29, 1.82) is 0 Å². The highest BCUT2D eigenvalue weighted by atomic mass is 35.5. The van der Waals surface area contributed by atoms with Gasteiger partial charge in [-0.3, -0.25) is 4.79 Å². The molecule has 0 saturated heterocycles. The molecule has 0 spiro atoms. The molecule has 1 amide bonds. The zero-order valence-electron chi connectivity index (χ0n) is 11.8. The SMILES string of the molecule is CC(C)c1ncc(Cl)c(C(=O)NC2CCCC2CO)n1. The summed E-state index contributed by atoms with van der Waals surface area (Å²) in [6, 6.07) is 0.000956. The smallest absolute Gasteiger partial charge is 0.271 e. The molecule has 1 aromatic heterocycles. The van der Waals surface area contributed by atoms with Crippen molar-refractivity contribution in [3.8, 4) is 0 Å². The van der Waals surface area contributed by atoms with Crippen LogP contribution in [-0.2, 0) is 0 Å². The van der Waals surface area contributed by atoms with Crippen LogP contribution in [0, 0.1) is 5.92 Å². The lowest BCUT2D eigenvalue weighted by Crippen LogP contribution is -2.39. The summed E-state index contributed by atoms with van der Waals surface area (Å²) in [5.41, 5.74) is 0.217. The lowest BCUT2D eigenvalue weighted by Gasteiger charge is -2.19. The third-order valence-corrected chi connectivity index (χ3v) is 3.98. The maximum Gasteiger partial charge on any atom is 0.271 e. The maximum absolute atomic E-state index is 12.3. The second-order valence-corrected chi connectivity index (χ2v) is 5.94. The van der Waals surface area contributed by atoms with E-state index in [1.807, 2.05) is 13.8 Å². The van der Waals surface area contributed by atoms with Crippen molar-refractivity contribution >= 4 is 17.5 Å². The van der Waals surface area contributed by atoms with Crippen molar-refractivity contribution in [2.45, 2.75) is 45.1 Å². The first-order valence-electron chi connectivity index (χ1n) is 6.97. The molecule has 2 atom stereocenters. The van der Waals surface area contributed by atoms with Crippen molar-refractivity contribution in [2.75, 3.05) is 6.61 Å². The van der Waals surface area contributed by atoms with Gasteiger partial charge in [0.05, 0.1) is 11.2 Å². The predicted molar refractivity (Wildman–Crippen MR) is 76.8 cm³/mol. The summed E-state index contributed by atoms with van der Waals surface area (Å²) < 4.78 is 0. The van der Waals surface area contributed by atoms with Crippen LogP contribution in [0.15, 0.2) is 6.20 Å². The zero-order valence-corrected chi connectivity index (χ0v) is 12.5. The van der Waals surface area contributed by atoms with Gasteiger partial charge in [-0.05, 0) is 12.8 Å². The normalized spacial score (nSPS) is 22.2. The number of hydrogen-bond acceptors (Lipinski definition) is 4. The van der Waals surface area contributed by atoms with Gasteiger partial charge in [-0.2, -0.15) is 0 Å². The van der Waals surface area contributed by atoms with Gasteiger partial charge >= 0.3 is 0 Å². The highest BCUT2D eigenvalue weighted by molar-refractivity contribution is 6.33. The number of carbonyl (C=O) groups excluding carboxylic acids is 1. The van der Waals surface area contributed by atoms with E-state index in [1.54, 1.807) is 0 Å². The molecular formula is C14H20ClN3O2. The van der Waals surface area contributed by atoms with Gasteiger partial charge < -0.3 is 10.4 Å². The van der Waals surface area contributed by atoms with E-state index in [-0.39, 0.29) is 41.1 Å². The van der Waals surface area contributed by atoms with Gasteiger partial charge in [0, 0.05) is 24.5 Å². The summed E-state index contributed by atoms with van der Waals surface area (Å²) in [7, 11) is 0. The molecule has 1 heterocycles. The average Bonchev–Trinajstić information content (AvgIpc) is 2.86. The predicted octanol–water partition coefficient (Wildman–Crippen LogP) is 2.14. The highest BCUT2D eigenvalue weighted by Crippen LogP contribution is 2.25. The van der Waals surface area contributed by atoms with Gasteiger partial charge in [0.15, 0.2) is 0 Å². The van der Waals surface area contributed by atoms with E-state index in [1.165, 1.54) is 6.20 Å². The molecule has 20 heavy (non-hydrogen) atoms. The molecule has 5 nitrogen and oxygen atoms in total. The molecule has 1 fully saturated rings. The third kappa shape index (κ3) is 3.27. The molecule has 1 aliphatic rings. The number of nitrogens with zero attached hydrogens (tertiary/aromatic N) is 2. The van der Waals surface area contributed by atoms with Crippen molar-refractivity contribution in [3.63, 3.8) is 0 Å². The van der Waals surface area contributed by atoms with Gasteiger partial charge in [0.1, 0.15) is 11.5 Å². The molecule has 2 rings (SSSR count). The molecular weight excluding hydrogens is 278 g/mol. The lowest BCUT2D eigenvalue weighted by molar-refractivity contribution is 0.0910. The lowest BCUT2D eigenvalue weighted by atomic mass is 10.1. The van der Waals surface area contributed by atoms with Crippen LogP contribution in [0.2, 0.25) is 5.02 Å². The minimum absolute atomic E-state index is 0.000956. The van der Waals surface area contributed by atoms with Crippen LogP contribution >= 0.6 is 11.6 Å². The molecule has 1 saturated carbocycles. The Labute approximate surface area is 123 Å². The molecule has 0 bridgehead atoms. The van der Waals surface area contributed by atoms with Crippen LogP contribution < -0.4 is 5.32 Å². The van der Waals surface area contributed by atoms with Gasteiger partial charge in [0.25, 0.3) is 5.91 Å². The second kappa shape index (κ2) is 6.50. The van der Waals surface area contributed by atoms with E-state index in [4.69, 9.17) is 11.6 Å². The number of aliphatic hydroxyl groups is 1. The number of hydrogen-bond donors (Lipinski definition) is 2. The van der Waals surface area contributed by atoms with E-state index in [2.05, 4.69) is 15.3 Å². The highest BCUT2D eigenvalue weighted by Gasteiger charge is 2.29. The molecule has 2 unspecified atom stereocenters. The van der Waals surface area contributed by atoms with Crippen molar-refractivity contribution in [3.05, 3.63) is 22.7 Å². The summed E-state index contributed by atoms with van der Waals surface area (Å²) in [5, 5.41) is 12.5. The van der Waals surface area contributed by atoms with Crippen LogP contribution in [-0.4, -0.2) is 33.6 Å². The van der Waals surface area contributed by atoms with Crippen molar-refractivity contribution in [1.82, 2.24) is 15.3 Å². The number of aliphatic hydroxyl groups excluding tert-OH is 1. The molecule has 0 aromatic carbocycles. The summed E-state index contributed by atoms with van der Waals surface area (Å²) in [4.78, 5) is 20.7. The fraction of sp³-hybridized carbons (Fsp3) is 0.643. The van der Waals surface area contributed by atoms with E-state index >= 15 is 0 Å². The first-order valence-corrected chi connectivity index (χ1v) is 7.35. The van der Waals surface area contributed by atoms with E-state index in [0.717, 1.165) is 19.3 Å². The number of carbonyl (C=O) groups is 1. The summed E-state index contributed by atoms with van der Waals surface area (Å²) in [6.07, 6.45) is 4.31. The number of nitrogens with one attached hydrogen (secondary N) is 1. The number of amides is 1. The monoisotopic (exact) mass is 297 g/mol. The number of halogens is 1. The molecule has 1 aromatic rings. The minimum Gasteiger partial charge on any atom is -0.396 e. The molecule has 1 aliphatic carbocycles. The van der Waals surface area contributed by atoms with E-state index in [0.29, 0.717) is 5.82 Å². The first-order chi connectivity index (χ1) is 9.52. The van der Waals surface area contributed by atoms with Crippen molar-refractivity contribution in [2.24, 2.45) is 5.92 Å². The average molecular weight is 298 g/mol. The fourth-order valence-corrected chi connectivity index (χ4v) is 2.68. The van der Waals surface area contributed by atoms with Crippen LogP contribution in [0.5, 0.6) is 0 Å². The van der Waals surface area contributed by atoms with Gasteiger partial charge in [-0.1, -0.05) is 31.9 Å².